The molecule has 1 aromatic heterocycles. The van der Waals surface area contributed by atoms with Gasteiger partial charge in [0.15, 0.2) is 0 Å². The van der Waals surface area contributed by atoms with Crippen LogP contribution in [0, 0.1) is 5.82 Å². The van der Waals surface area contributed by atoms with Gasteiger partial charge in [-0.05, 0) is 46.5 Å². The summed E-state index contributed by atoms with van der Waals surface area (Å²) in [6, 6.07) is 6.77. The van der Waals surface area contributed by atoms with Crippen LogP contribution in [-0.2, 0) is 19.4 Å². The van der Waals surface area contributed by atoms with Gasteiger partial charge in [-0.25, -0.2) is 9.37 Å². The van der Waals surface area contributed by atoms with Crippen molar-refractivity contribution in [2.75, 3.05) is 11.9 Å². The third-order valence-corrected chi connectivity index (χ3v) is 3.93. The van der Waals surface area contributed by atoms with Gasteiger partial charge in [-0.2, -0.15) is 0 Å². The number of anilines is 1. The van der Waals surface area contributed by atoms with Gasteiger partial charge in [0.25, 0.3) is 0 Å². The van der Waals surface area contributed by atoms with Gasteiger partial charge in [0, 0.05) is 19.5 Å². The summed E-state index contributed by atoms with van der Waals surface area (Å²) in [6.07, 6.45) is 2.74. The van der Waals surface area contributed by atoms with Gasteiger partial charge in [-0.1, -0.05) is 12.1 Å². The standard InChI is InChI=1S/C14H15BrFN3/c15-13-14-17-7-2-8-19(14)12(18-13)6-5-10-3-1-4-11(16)9-10/h1,3-4,9,17H,2,5-8H2. The zero-order chi connectivity index (χ0) is 13.2. The molecule has 0 fully saturated rings. The van der Waals surface area contributed by atoms with Crippen LogP contribution in [0.15, 0.2) is 28.9 Å². The minimum absolute atomic E-state index is 0.175. The SMILES string of the molecule is Fc1cccc(CCc2nc(Br)c3n2CCCN3)c1. The van der Waals surface area contributed by atoms with E-state index in [1.54, 1.807) is 12.1 Å². The molecule has 100 valence electrons. The van der Waals surface area contributed by atoms with Crippen LogP contribution in [0.2, 0.25) is 0 Å². The highest BCUT2D eigenvalue weighted by Crippen LogP contribution is 2.27. The van der Waals surface area contributed by atoms with Crippen LogP contribution in [0.3, 0.4) is 0 Å². The molecule has 0 radical (unpaired) electrons. The first-order chi connectivity index (χ1) is 9.24. The number of nitrogens with zero attached hydrogens (tertiary/aromatic N) is 2. The number of fused-ring (bicyclic) bond motifs is 1. The summed E-state index contributed by atoms with van der Waals surface area (Å²) >= 11 is 3.49. The van der Waals surface area contributed by atoms with E-state index in [2.05, 4.69) is 30.8 Å². The second-order valence-electron chi connectivity index (χ2n) is 4.73. The van der Waals surface area contributed by atoms with Gasteiger partial charge in [0.2, 0.25) is 0 Å². The Morgan fingerprint density at radius 1 is 1.37 bits per heavy atom. The molecule has 1 aliphatic rings. The molecule has 3 rings (SSSR count). The minimum atomic E-state index is -0.175. The zero-order valence-corrected chi connectivity index (χ0v) is 12.1. The number of aryl methyl sites for hydroxylation is 2. The van der Waals surface area contributed by atoms with Gasteiger partial charge >= 0.3 is 0 Å². The topological polar surface area (TPSA) is 29.9 Å². The van der Waals surface area contributed by atoms with E-state index in [0.29, 0.717) is 0 Å². The predicted molar refractivity (Wildman–Crippen MR) is 76.8 cm³/mol. The second kappa shape index (κ2) is 5.33. The third-order valence-electron chi connectivity index (χ3n) is 3.38. The van der Waals surface area contributed by atoms with Gasteiger partial charge in [-0.15, -0.1) is 0 Å². The van der Waals surface area contributed by atoms with Crippen molar-refractivity contribution < 1.29 is 4.39 Å². The fraction of sp³-hybridized carbons (Fsp3) is 0.357. The summed E-state index contributed by atoms with van der Waals surface area (Å²) in [4.78, 5) is 4.55. The maximum absolute atomic E-state index is 13.1. The van der Waals surface area contributed by atoms with Gasteiger partial charge in [-0.3, -0.25) is 0 Å². The van der Waals surface area contributed by atoms with E-state index in [1.165, 1.54) is 6.07 Å². The van der Waals surface area contributed by atoms with Crippen molar-refractivity contribution in [1.82, 2.24) is 9.55 Å². The molecule has 1 aliphatic heterocycles. The van der Waals surface area contributed by atoms with E-state index < -0.39 is 0 Å². The molecular weight excluding hydrogens is 309 g/mol. The molecular formula is C14H15BrFN3. The lowest BCUT2D eigenvalue weighted by molar-refractivity contribution is 0.596. The number of benzene rings is 1. The van der Waals surface area contributed by atoms with Crippen molar-refractivity contribution >= 4 is 21.7 Å². The van der Waals surface area contributed by atoms with Crippen LogP contribution in [0.4, 0.5) is 10.2 Å². The second-order valence-corrected chi connectivity index (χ2v) is 5.48. The molecule has 0 atom stereocenters. The monoisotopic (exact) mass is 323 g/mol. The molecule has 5 heteroatoms. The first kappa shape index (κ1) is 12.7. The molecule has 0 bridgehead atoms. The number of aromatic nitrogens is 2. The molecule has 19 heavy (non-hydrogen) atoms. The molecule has 0 spiro atoms. The van der Waals surface area contributed by atoms with Crippen LogP contribution in [0.1, 0.15) is 17.8 Å². The molecule has 1 N–H and O–H groups in total. The fourth-order valence-electron chi connectivity index (χ4n) is 2.46. The van der Waals surface area contributed by atoms with Crippen molar-refractivity contribution in [1.29, 1.82) is 0 Å². The normalized spacial score (nSPS) is 14.0. The molecule has 1 aromatic carbocycles. The van der Waals surface area contributed by atoms with E-state index in [9.17, 15) is 4.39 Å². The Morgan fingerprint density at radius 2 is 2.26 bits per heavy atom. The average Bonchev–Trinajstić information content (AvgIpc) is 2.74. The van der Waals surface area contributed by atoms with E-state index >= 15 is 0 Å². The van der Waals surface area contributed by atoms with Crippen molar-refractivity contribution in [3.63, 3.8) is 0 Å². The molecule has 0 amide bonds. The molecule has 0 saturated heterocycles. The minimum Gasteiger partial charge on any atom is -0.369 e. The summed E-state index contributed by atoms with van der Waals surface area (Å²) in [5.41, 5.74) is 1.01. The Hall–Kier alpha value is -1.36. The highest BCUT2D eigenvalue weighted by molar-refractivity contribution is 9.10. The largest absolute Gasteiger partial charge is 0.369 e. The number of imidazole rings is 1. The molecule has 2 heterocycles. The molecule has 0 aliphatic carbocycles. The smallest absolute Gasteiger partial charge is 0.148 e. The van der Waals surface area contributed by atoms with E-state index in [1.807, 2.05) is 6.07 Å². The average molecular weight is 324 g/mol. The summed E-state index contributed by atoms with van der Waals surface area (Å²) in [7, 11) is 0. The zero-order valence-electron chi connectivity index (χ0n) is 10.5. The number of rotatable bonds is 3. The number of hydrogen-bond donors (Lipinski definition) is 1. The third kappa shape index (κ3) is 2.66. The molecule has 0 saturated carbocycles. The summed E-state index contributed by atoms with van der Waals surface area (Å²) in [5.74, 6) is 1.95. The van der Waals surface area contributed by atoms with E-state index in [-0.39, 0.29) is 5.82 Å². The number of hydrogen-bond acceptors (Lipinski definition) is 2. The lowest BCUT2D eigenvalue weighted by atomic mass is 10.1. The fourth-order valence-corrected chi connectivity index (χ4v) is 3.02. The van der Waals surface area contributed by atoms with Gasteiger partial charge < -0.3 is 9.88 Å². The maximum atomic E-state index is 13.1. The lowest BCUT2D eigenvalue weighted by Crippen LogP contribution is -2.18. The Labute approximate surface area is 120 Å². The highest BCUT2D eigenvalue weighted by atomic mass is 79.9. The van der Waals surface area contributed by atoms with E-state index in [4.69, 9.17) is 0 Å². The quantitative estimate of drug-likeness (QED) is 0.938. The van der Waals surface area contributed by atoms with Gasteiger partial charge in [0.1, 0.15) is 22.1 Å². The Balaban J connectivity index is 1.77. The van der Waals surface area contributed by atoms with Crippen molar-refractivity contribution in [3.8, 4) is 0 Å². The number of halogens is 2. The van der Waals surface area contributed by atoms with Crippen LogP contribution < -0.4 is 5.32 Å². The highest BCUT2D eigenvalue weighted by Gasteiger charge is 2.17. The van der Waals surface area contributed by atoms with E-state index in [0.717, 1.165) is 54.2 Å². The van der Waals surface area contributed by atoms with Crippen LogP contribution in [-0.4, -0.2) is 16.1 Å². The Morgan fingerprint density at radius 3 is 3.11 bits per heavy atom. The van der Waals surface area contributed by atoms with Crippen molar-refractivity contribution in [2.45, 2.75) is 25.8 Å². The summed E-state index contributed by atoms with van der Waals surface area (Å²) in [5, 5.41) is 3.35. The van der Waals surface area contributed by atoms with Crippen molar-refractivity contribution in [3.05, 3.63) is 46.1 Å². The summed E-state index contributed by atoms with van der Waals surface area (Å²) < 4.78 is 16.2. The van der Waals surface area contributed by atoms with Gasteiger partial charge in [0.05, 0.1) is 0 Å². The Kier molecular flexibility index (Phi) is 3.55. The maximum Gasteiger partial charge on any atom is 0.148 e. The first-order valence-electron chi connectivity index (χ1n) is 6.47. The van der Waals surface area contributed by atoms with Crippen molar-refractivity contribution in [2.24, 2.45) is 0 Å². The molecule has 3 nitrogen and oxygen atoms in total. The molecule has 2 aromatic rings. The predicted octanol–water partition coefficient (Wildman–Crippen LogP) is 3.39. The van der Waals surface area contributed by atoms with Crippen LogP contribution in [0.5, 0.6) is 0 Å². The van der Waals surface area contributed by atoms with Crippen LogP contribution >= 0.6 is 15.9 Å². The Bertz CT molecular complexity index is 594. The lowest BCUT2D eigenvalue weighted by Gasteiger charge is -2.18. The number of nitrogens with one attached hydrogen (secondary N) is 1. The van der Waals surface area contributed by atoms with Crippen LogP contribution in [0.25, 0.3) is 0 Å². The first-order valence-corrected chi connectivity index (χ1v) is 7.26. The summed E-state index contributed by atoms with van der Waals surface area (Å²) in [6.45, 7) is 1.99. The molecule has 0 unspecified atom stereocenters.